The Morgan fingerprint density at radius 1 is 1.08 bits per heavy atom. The van der Waals surface area contributed by atoms with E-state index >= 15 is 0 Å². The van der Waals surface area contributed by atoms with Gasteiger partial charge in [-0.15, -0.1) is 22.6 Å². The second-order valence-corrected chi connectivity index (χ2v) is 10.5. The molecule has 0 aliphatic carbocycles. The van der Waals surface area contributed by atoms with E-state index in [9.17, 15) is 4.79 Å². The van der Waals surface area contributed by atoms with Crippen molar-refractivity contribution < 1.29 is 19.0 Å². The van der Waals surface area contributed by atoms with Crippen LogP contribution >= 0.6 is 12.4 Å². The second-order valence-electron chi connectivity index (χ2n) is 10.5. The largest absolute Gasteiger partial charge is 0.494 e. The molecule has 0 radical (unpaired) electrons. The fourth-order valence-corrected chi connectivity index (χ4v) is 5.02. The van der Waals surface area contributed by atoms with Crippen LogP contribution in [0.2, 0.25) is 0 Å². The molecule has 2 aromatic heterocycles. The van der Waals surface area contributed by atoms with Gasteiger partial charge in [-0.25, -0.2) is 4.68 Å². The molecule has 3 aromatic rings. The van der Waals surface area contributed by atoms with Gasteiger partial charge in [0.15, 0.2) is 11.4 Å². The molecule has 0 unspecified atom stereocenters. The topological polar surface area (TPSA) is 107 Å². The van der Waals surface area contributed by atoms with Crippen molar-refractivity contribution >= 4 is 29.5 Å². The van der Waals surface area contributed by atoms with Crippen molar-refractivity contribution in [2.24, 2.45) is 0 Å². The number of rotatable bonds is 9. The van der Waals surface area contributed by atoms with Gasteiger partial charge >= 0.3 is 0 Å². The van der Waals surface area contributed by atoms with Crippen molar-refractivity contribution in [2.45, 2.75) is 66.3 Å². The molecule has 0 atom stereocenters. The summed E-state index contributed by atoms with van der Waals surface area (Å²) in [5.41, 5.74) is 4.77. The average molecular weight is 561 g/mol. The molecule has 4 rings (SSSR count). The quantitative estimate of drug-likeness (QED) is 0.394. The number of hydrogen-bond donors (Lipinski definition) is 1. The maximum absolute atomic E-state index is 13.7. The number of carbonyl (C=O) groups excluding carboxylic acids is 1. The predicted octanol–water partition coefficient (Wildman–Crippen LogP) is 3.98. The second kappa shape index (κ2) is 12.4. The minimum absolute atomic E-state index is 0. The van der Waals surface area contributed by atoms with Gasteiger partial charge in [-0.2, -0.15) is 4.52 Å². The monoisotopic (exact) mass is 560 g/mol. The first-order chi connectivity index (χ1) is 18.1. The van der Waals surface area contributed by atoms with E-state index in [2.05, 4.69) is 49.7 Å². The van der Waals surface area contributed by atoms with E-state index < -0.39 is 0 Å². The maximum atomic E-state index is 13.7. The molecular formula is C28H41ClN6O4. The molecule has 1 saturated heterocycles. The number of nitrogens with one attached hydrogen (secondary N) is 1. The van der Waals surface area contributed by atoms with E-state index in [0.29, 0.717) is 36.9 Å². The van der Waals surface area contributed by atoms with Crippen molar-refractivity contribution in [3.63, 3.8) is 0 Å². The summed E-state index contributed by atoms with van der Waals surface area (Å²) in [4.78, 5) is 15.9. The van der Waals surface area contributed by atoms with Crippen molar-refractivity contribution in [3.8, 4) is 11.6 Å². The van der Waals surface area contributed by atoms with Crippen LogP contribution in [-0.4, -0.2) is 65.2 Å². The molecule has 1 aliphatic rings. The molecule has 3 heterocycles. The Balaban J connectivity index is 0.00000420. The van der Waals surface area contributed by atoms with Crippen LogP contribution in [0.3, 0.4) is 0 Å². The molecule has 1 aromatic carbocycles. The van der Waals surface area contributed by atoms with E-state index in [1.807, 2.05) is 19.1 Å². The minimum Gasteiger partial charge on any atom is -0.494 e. The number of ether oxygens (including phenoxy) is 3. The lowest BCUT2D eigenvalue weighted by Crippen LogP contribution is -2.37. The predicted molar refractivity (Wildman–Crippen MR) is 153 cm³/mol. The molecule has 0 saturated carbocycles. The first-order valence-corrected chi connectivity index (χ1v) is 13.4. The lowest BCUT2D eigenvalue weighted by atomic mass is 9.84. The summed E-state index contributed by atoms with van der Waals surface area (Å²) in [6.45, 7) is 15.5. The number of aromatic nitrogens is 4. The molecule has 39 heavy (non-hydrogen) atoms. The summed E-state index contributed by atoms with van der Waals surface area (Å²) in [5.74, 6) is 1.17. The molecule has 1 aliphatic heterocycles. The summed E-state index contributed by atoms with van der Waals surface area (Å²) in [6.07, 6.45) is 1.46. The molecule has 0 bridgehead atoms. The smallest absolute Gasteiger partial charge is 0.242 e. The molecule has 214 valence electrons. The van der Waals surface area contributed by atoms with Crippen LogP contribution in [0.25, 0.3) is 5.65 Å². The average Bonchev–Trinajstić information content (AvgIpc) is 3.21. The molecule has 10 nitrogen and oxygen atoms in total. The number of nitrogens with zero attached hydrogens (tertiary/aromatic N) is 5. The standard InChI is InChI=1S/C28H40N6O4.ClH/c1-8-19-20(9-2)26(38-10-3)31-34-25(19)30-33(27(34)29)17-23(35)18-15-21(28(4,5)6)24(36-7)22(16-18)32-11-13-37-14-12-32;/h15-16,29H,8-14,17H2,1-7H3;1H. The summed E-state index contributed by atoms with van der Waals surface area (Å²) < 4.78 is 20.1. The van der Waals surface area contributed by atoms with Crippen LogP contribution in [0.4, 0.5) is 5.69 Å². The van der Waals surface area contributed by atoms with Gasteiger partial charge in [-0.3, -0.25) is 10.2 Å². The van der Waals surface area contributed by atoms with Crippen LogP contribution in [0.1, 0.15) is 68.6 Å². The highest BCUT2D eigenvalue weighted by Crippen LogP contribution is 2.40. The van der Waals surface area contributed by atoms with Gasteiger partial charge in [0.2, 0.25) is 11.5 Å². The molecule has 0 amide bonds. The van der Waals surface area contributed by atoms with E-state index in [-0.39, 0.29) is 35.8 Å². The zero-order chi connectivity index (χ0) is 27.6. The van der Waals surface area contributed by atoms with Crippen molar-refractivity contribution in [1.82, 2.24) is 19.4 Å². The Bertz CT molecular complexity index is 1390. The van der Waals surface area contributed by atoms with Crippen LogP contribution in [0.5, 0.6) is 11.6 Å². The zero-order valence-corrected chi connectivity index (χ0v) is 24.9. The van der Waals surface area contributed by atoms with Crippen LogP contribution < -0.4 is 20.0 Å². The molecule has 1 fully saturated rings. The number of fused-ring (bicyclic) bond motifs is 1. The van der Waals surface area contributed by atoms with E-state index in [0.717, 1.165) is 54.1 Å². The van der Waals surface area contributed by atoms with Crippen LogP contribution in [-0.2, 0) is 29.5 Å². The highest BCUT2D eigenvalue weighted by molar-refractivity contribution is 5.97. The third-order valence-corrected chi connectivity index (χ3v) is 6.98. The molecule has 1 N–H and O–H groups in total. The van der Waals surface area contributed by atoms with Gasteiger partial charge in [-0.1, -0.05) is 34.6 Å². The van der Waals surface area contributed by atoms with Crippen LogP contribution in [0.15, 0.2) is 12.1 Å². The number of hydrogen-bond acceptors (Lipinski definition) is 8. The van der Waals surface area contributed by atoms with Crippen molar-refractivity contribution in [1.29, 1.82) is 5.41 Å². The van der Waals surface area contributed by atoms with Gasteiger partial charge < -0.3 is 19.1 Å². The zero-order valence-electron chi connectivity index (χ0n) is 24.1. The molecular weight excluding hydrogens is 520 g/mol. The highest BCUT2D eigenvalue weighted by Gasteiger charge is 2.27. The summed E-state index contributed by atoms with van der Waals surface area (Å²) in [5, 5.41) is 18.0. The number of morpholine rings is 1. The van der Waals surface area contributed by atoms with E-state index in [4.69, 9.17) is 19.6 Å². The SMILES string of the molecule is CCOc1nn2c(=N)n(CC(=O)c3cc(N4CCOCC4)c(OC)c(C(C)(C)C)c3)nc2c(CC)c1CC.Cl. The minimum atomic E-state index is -0.244. The lowest BCUT2D eigenvalue weighted by molar-refractivity contribution is 0.0965. The van der Waals surface area contributed by atoms with Gasteiger partial charge in [-0.05, 0) is 37.3 Å². The number of carbonyl (C=O) groups is 1. The first-order valence-electron chi connectivity index (χ1n) is 13.4. The molecule has 11 heteroatoms. The number of Topliss-reactive ketones (excluding diaryl/α,β-unsaturated/α-hetero) is 1. The summed E-state index contributed by atoms with van der Waals surface area (Å²) >= 11 is 0. The Kier molecular flexibility index (Phi) is 9.66. The number of aryl methyl sites for hydroxylation is 1. The Hall–Kier alpha value is -3.11. The highest BCUT2D eigenvalue weighted by atomic mass is 35.5. The Labute approximate surface area is 236 Å². The fourth-order valence-electron chi connectivity index (χ4n) is 5.02. The maximum Gasteiger partial charge on any atom is 0.242 e. The number of anilines is 1. The summed E-state index contributed by atoms with van der Waals surface area (Å²) in [6, 6.07) is 3.82. The fraction of sp³-hybridized carbons (Fsp3) is 0.571. The van der Waals surface area contributed by atoms with Gasteiger partial charge in [0.05, 0.1) is 32.6 Å². The van der Waals surface area contributed by atoms with Crippen molar-refractivity contribution in [3.05, 3.63) is 40.0 Å². The lowest BCUT2D eigenvalue weighted by Gasteiger charge is -2.33. The Morgan fingerprint density at radius 2 is 1.74 bits per heavy atom. The number of benzene rings is 1. The van der Waals surface area contributed by atoms with Gasteiger partial charge in [0.1, 0.15) is 12.3 Å². The third kappa shape index (κ3) is 5.91. The normalized spacial score (nSPS) is 13.9. The van der Waals surface area contributed by atoms with E-state index in [1.54, 1.807) is 7.11 Å². The van der Waals surface area contributed by atoms with Crippen LogP contribution in [0, 0.1) is 5.41 Å². The number of methoxy groups -OCH3 is 1. The van der Waals surface area contributed by atoms with E-state index in [1.165, 1.54) is 9.20 Å². The number of ketones is 1. The Morgan fingerprint density at radius 3 is 2.31 bits per heavy atom. The summed E-state index contributed by atoms with van der Waals surface area (Å²) in [7, 11) is 1.67. The number of halogens is 1. The van der Waals surface area contributed by atoms with Crippen molar-refractivity contribution in [2.75, 3.05) is 44.9 Å². The third-order valence-electron chi connectivity index (χ3n) is 6.98. The first kappa shape index (κ1) is 30.4. The molecule has 0 spiro atoms. The van der Waals surface area contributed by atoms with Gasteiger partial charge in [0, 0.05) is 35.3 Å². The van der Waals surface area contributed by atoms with Gasteiger partial charge in [0.25, 0.3) is 0 Å².